The standard InChI is InChI=1S/C23H48N2O2/c1-3-5-6-7-8-9-10-11-12-13-14-15-16-17-18-19-23(27)25(20-21-26)22(24)4-2/h22,26H,3-21,24H2,1-2H3. The van der Waals surface area contributed by atoms with Crippen LogP contribution in [0, 0.1) is 0 Å². The topological polar surface area (TPSA) is 66.6 Å². The minimum Gasteiger partial charge on any atom is -0.395 e. The second kappa shape index (κ2) is 20.1. The Morgan fingerprint density at radius 2 is 1.19 bits per heavy atom. The number of nitrogens with zero attached hydrogens (tertiary/aromatic N) is 1. The molecule has 0 heterocycles. The van der Waals surface area contributed by atoms with E-state index in [0.717, 1.165) is 19.3 Å². The van der Waals surface area contributed by atoms with Gasteiger partial charge in [-0.2, -0.15) is 0 Å². The monoisotopic (exact) mass is 384 g/mol. The van der Waals surface area contributed by atoms with Gasteiger partial charge in [-0.15, -0.1) is 0 Å². The predicted octanol–water partition coefficient (Wildman–Crippen LogP) is 5.76. The van der Waals surface area contributed by atoms with Gasteiger partial charge in [0.15, 0.2) is 0 Å². The lowest BCUT2D eigenvalue weighted by Gasteiger charge is -2.27. The highest BCUT2D eigenvalue weighted by atomic mass is 16.3. The van der Waals surface area contributed by atoms with Crippen molar-refractivity contribution in [1.82, 2.24) is 4.90 Å². The van der Waals surface area contributed by atoms with E-state index in [2.05, 4.69) is 6.92 Å². The molecule has 0 aromatic heterocycles. The van der Waals surface area contributed by atoms with Crippen molar-refractivity contribution < 1.29 is 9.90 Å². The highest BCUT2D eigenvalue weighted by Crippen LogP contribution is 2.14. The summed E-state index contributed by atoms with van der Waals surface area (Å²) in [6.07, 6.45) is 21.0. The molecule has 0 radical (unpaired) electrons. The molecule has 3 N–H and O–H groups in total. The first-order valence-corrected chi connectivity index (χ1v) is 11.8. The van der Waals surface area contributed by atoms with Gasteiger partial charge in [0.1, 0.15) is 0 Å². The number of hydrogen-bond donors (Lipinski definition) is 2. The molecule has 27 heavy (non-hydrogen) atoms. The Morgan fingerprint density at radius 1 is 0.778 bits per heavy atom. The average molecular weight is 385 g/mol. The van der Waals surface area contributed by atoms with Gasteiger partial charge in [0, 0.05) is 13.0 Å². The van der Waals surface area contributed by atoms with E-state index >= 15 is 0 Å². The van der Waals surface area contributed by atoms with Gasteiger partial charge in [0.05, 0.1) is 12.8 Å². The van der Waals surface area contributed by atoms with Crippen molar-refractivity contribution in [2.45, 2.75) is 129 Å². The van der Waals surface area contributed by atoms with Crippen molar-refractivity contribution >= 4 is 5.91 Å². The number of hydrogen-bond acceptors (Lipinski definition) is 3. The second-order valence-electron chi connectivity index (χ2n) is 7.99. The van der Waals surface area contributed by atoms with Gasteiger partial charge >= 0.3 is 0 Å². The summed E-state index contributed by atoms with van der Waals surface area (Å²) in [5.74, 6) is 0.0908. The van der Waals surface area contributed by atoms with Gasteiger partial charge in [0.25, 0.3) is 0 Å². The molecule has 0 aliphatic carbocycles. The molecule has 0 fully saturated rings. The van der Waals surface area contributed by atoms with Gasteiger partial charge in [-0.1, -0.05) is 104 Å². The number of carbonyl (C=O) groups is 1. The number of carbonyl (C=O) groups excluding carboxylic acids is 1. The molecule has 0 saturated carbocycles. The van der Waals surface area contributed by atoms with Crippen LogP contribution in [0.2, 0.25) is 0 Å². The molecule has 1 atom stereocenters. The number of amides is 1. The van der Waals surface area contributed by atoms with Gasteiger partial charge < -0.3 is 15.7 Å². The zero-order chi connectivity index (χ0) is 20.2. The smallest absolute Gasteiger partial charge is 0.223 e. The Bertz CT molecular complexity index is 324. The van der Waals surface area contributed by atoms with E-state index in [1.54, 1.807) is 4.90 Å². The summed E-state index contributed by atoms with van der Waals surface area (Å²) in [6, 6.07) is 0. The number of aliphatic hydroxyl groups excluding tert-OH is 1. The third kappa shape index (κ3) is 16.1. The number of nitrogens with two attached hydrogens (primary N) is 1. The third-order valence-electron chi connectivity index (χ3n) is 5.47. The van der Waals surface area contributed by atoms with Gasteiger partial charge in [-0.05, 0) is 12.8 Å². The van der Waals surface area contributed by atoms with E-state index in [1.807, 2.05) is 6.92 Å². The van der Waals surface area contributed by atoms with Gasteiger partial charge in [0.2, 0.25) is 5.91 Å². The fourth-order valence-electron chi connectivity index (χ4n) is 3.59. The summed E-state index contributed by atoms with van der Waals surface area (Å²) in [5, 5.41) is 9.08. The number of rotatable bonds is 20. The predicted molar refractivity (Wildman–Crippen MR) is 117 cm³/mol. The lowest BCUT2D eigenvalue weighted by molar-refractivity contribution is -0.134. The van der Waals surface area contributed by atoms with Crippen molar-refractivity contribution in [3.8, 4) is 0 Å². The molecular formula is C23H48N2O2. The summed E-state index contributed by atoms with van der Waals surface area (Å²) in [6.45, 7) is 4.58. The molecule has 1 unspecified atom stereocenters. The lowest BCUT2D eigenvalue weighted by atomic mass is 10.0. The Kier molecular flexibility index (Phi) is 19.7. The fourth-order valence-corrected chi connectivity index (χ4v) is 3.59. The van der Waals surface area contributed by atoms with E-state index in [9.17, 15) is 4.79 Å². The summed E-state index contributed by atoms with van der Waals surface area (Å²) in [7, 11) is 0. The summed E-state index contributed by atoms with van der Waals surface area (Å²) >= 11 is 0. The summed E-state index contributed by atoms with van der Waals surface area (Å²) in [4.78, 5) is 13.8. The van der Waals surface area contributed by atoms with Crippen molar-refractivity contribution in [1.29, 1.82) is 0 Å². The molecule has 4 nitrogen and oxygen atoms in total. The molecular weight excluding hydrogens is 336 g/mol. The molecule has 0 saturated heterocycles. The van der Waals surface area contributed by atoms with Crippen LogP contribution in [0.15, 0.2) is 0 Å². The molecule has 4 heteroatoms. The normalized spacial score (nSPS) is 12.3. The molecule has 0 aliphatic rings. The van der Waals surface area contributed by atoms with Crippen LogP contribution in [-0.2, 0) is 4.79 Å². The highest BCUT2D eigenvalue weighted by molar-refractivity contribution is 5.76. The van der Waals surface area contributed by atoms with Crippen molar-refractivity contribution in [3.63, 3.8) is 0 Å². The van der Waals surface area contributed by atoms with Crippen molar-refractivity contribution in [2.75, 3.05) is 13.2 Å². The molecule has 0 spiro atoms. The Balaban J connectivity index is 3.40. The van der Waals surface area contributed by atoms with Crippen LogP contribution in [-0.4, -0.2) is 35.2 Å². The van der Waals surface area contributed by atoms with E-state index in [0.29, 0.717) is 13.0 Å². The third-order valence-corrected chi connectivity index (χ3v) is 5.47. The minimum atomic E-state index is -0.263. The SMILES string of the molecule is CCCCCCCCCCCCCCCCCC(=O)N(CCO)C(N)CC. The van der Waals surface area contributed by atoms with E-state index in [1.165, 1.54) is 83.5 Å². The van der Waals surface area contributed by atoms with E-state index in [-0.39, 0.29) is 18.7 Å². The molecule has 0 aliphatic heterocycles. The molecule has 162 valence electrons. The summed E-state index contributed by atoms with van der Waals surface area (Å²) < 4.78 is 0. The molecule has 0 bridgehead atoms. The Morgan fingerprint density at radius 3 is 1.56 bits per heavy atom. The van der Waals surface area contributed by atoms with E-state index in [4.69, 9.17) is 10.8 Å². The average Bonchev–Trinajstić information content (AvgIpc) is 2.68. The lowest BCUT2D eigenvalue weighted by Crippen LogP contribution is -2.46. The van der Waals surface area contributed by atoms with Crippen LogP contribution in [0.25, 0.3) is 0 Å². The first-order valence-electron chi connectivity index (χ1n) is 11.8. The van der Waals surface area contributed by atoms with Gasteiger partial charge in [-0.25, -0.2) is 0 Å². The zero-order valence-electron chi connectivity index (χ0n) is 18.4. The van der Waals surface area contributed by atoms with Crippen LogP contribution in [0.3, 0.4) is 0 Å². The molecule has 1 amide bonds. The van der Waals surface area contributed by atoms with Crippen LogP contribution < -0.4 is 5.73 Å². The Labute approximate surface area is 169 Å². The highest BCUT2D eigenvalue weighted by Gasteiger charge is 2.17. The van der Waals surface area contributed by atoms with Crippen LogP contribution in [0.1, 0.15) is 123 Å². The van der Waals surface area contributed by atoms with Crippen molar-refractivity contribution in [3.05, 3.63) is 0 Å². The van der Waals surface area contributed by atoms with Crippen LogP contribution >= 0.6 is 0 Å². The largest absolute Gasteiger partial charge is 0.395 e. The fraction of sp³-hybridized carbons (Fsp3) is 0.957. The zero-order valence-corrected chi connectivity index (χ0v) is 18.4. The number of aliphatic hydroxyl groups is 1. The minimum absolute atomic E-state index is 0.0156. The molecule has 0 rings (SSSR count). The maximum atomic E-state index is 12.2. The maximum absolute atomic E-state index is 12.2. The molecule has 0 aromatic rings. The maximum Gasteiger partial charge on any atom is 0.223 e. The van der Waals surface area contributed by atoms with Gasteiger partial charge in [-0.3, -0.25) is 4.79 Å². The Hall–Kier alpha value is -0.610. The van der Waals surface area contributed by atoms with Crippen molar-refractivity contribution in [2.24, 2.45) is 5.73 Å². The number of unbranched alkanes of at least 4 members (excludes halogenated alkanes) is 14. The molecule has 0 aromatic carbocycles. The van der Waals surface area contributed by atoms with Crippen LogP contribution in [0.5, 0.6) is 0 Å². The van der Waals surface area contributed by atoms with E-state index < -0.39 is 0 Å². The quantitative estimate of drug-likeness (QED) is 0.207. The first kappa shape index (κ1) is 26.4. The summed E-state index contributed by atoms with van der Waals surface area (Å²) in [5.41, 5.74) is 5.95. The first-order chi connectivity index (χ1) is 13.2. The second-order valence-corrected chi connectivity index (χ2v) is 7.99. The van der Waals surface area contributed by atoms with Crippen LogP contribution in [0.4, 0.5) is 0 Å².